The zero-order valence-corrected chi connectivity index (χ0v) is 10.1. The highest BCUT2D eigenvalue weighted by atomic mass is 32.1. The Morgan fingerprint density at radius 1 is 1.35 bits per heavy atom. The van der Waals surface area contributed by atoms with Crippen LogP contribution >= 0.6 is 11.3 Å². The van der Waals surface area contributed by atoms with Crippen LogP contribution in [0.25, 0.3) is 0 Å². The van der Waals surface area contributed by atoms with Gasteiger partial charge in [0.25, 0.3) is 0 Å². The van der Waals surface area contributed by atoms with Crippen molar-refractivity contribution in [2.75, 3.05) is 6.54 Å². The van der Waals surface area contributed by atoms with Crippen LogP contribution < -0.4 is 5.32 Å². The number of thiazole rings is 1. The third-order valence-electron chi connectivity index (χ3n) is 2.43. The van der Waals surface area contributed by atoms with Crippen molar-refractivity contribution >= 4 is 11.3 Å². The van der Waals surface area contributed by atoms with E-state index >= 15 is 0 Å². The summed E-state index contributed by atoms with van der Waals surface area (Å²) in [4.78, 5) is 4.75. The first kappa shape index (κ1) is 12.1. The first-order chi connectivity index (χ1) is 8.24. The van der Waals surface area contributed by atoms with Gasteiger partial charge in [-0.25, -0.2) is 8.78 Å². The van der Waals surface area contributed by atoms with Gasteiger partial charge in [-0.3, -0.25) is 4.98 Å². The predicted molar refractivity (Wildman–Crippen MR) is 64.0 cm³/mol. The molecule has 5 heteroatoms. The highest BCUT2D eigenvalue weighted by Gasteiger charge is 2.21. The standard InChI is InChI=1S/C12H12F2N2S/c1-2-16-12(10-6-15-7-17-10)11-8(13)4-3-5-9(11)14/h3-7,12,16H,2H2,1H3. The topological polar surface area (TPSA) is 24.9 Å². The average Bonchev–Trinajstić information content (AvgIpc) is 2.80. The molecule has 1 aromatic heterocycles. The maximum absolute atomic E-state index is 13.7. The van der Waals surface area contributed by atoms with Gasteiger partial charge in [0.1, 0.15) is 11.6 Å². The minimum absolute atomic E-state index is 0.0543. The summed E-state index contributed by atoms with van der Waals surface area (Å²) in [7, 11) is 0. The Morgan fingerprint density at radius 2 is 2.06 bits per heavy atom. The van der Waals surface area contributed by atoms with Gasteiger partial charge in [-0.15, -0.1) is 11.3 Å². The van der Waals surface area contributed by atoms with E-state index in [1.807, 2.05) is 6.92 Å². The Labute approximate surface area is 102 Å². The van der Waals surface area contributed by atoms with E-state index in [1.165, 1.54) is 29.5 Å². The van der Waals surface area contributed by atoms with Gasteiger partial charge in [-0.05, 0) is 18.7 Å². The highest BCUT2D eigenvalue weighted by Crippen LogP contribution is 2.28. The van der Waals surface area contributed by atoms with E-state index < -0.39 is 17.7 Å². The van der Waals surface area contributed by atoms with E-state index in [1.54, 1.807) is 11.7 Å². The van der Waals surface area contributed by atoms with E-state index in [9.17, 15) is 8.78 Å². The van der Waals surface area contributed by atoms with Crippen molar-refractivity contribution in [3.8, 4) is 0 Å². The normalized spacial score (nSPS) is 12.6. The SMILES string of the molecule is CCNC(c1cncs1)c1c(F)cccc1F. The summed E-state index contributed by atoms with van der Waals surface area (Å²) in [6.45, 7) is 2.52. The molecule has 0 amide bonds. The molecule has 1 aromatic carbocycles. The fourth-order valence-electron chi connectivity index (χ4n) is 1.70. The summed E-state index contributed by atoms with van der Waals surface area (Å²) >= 11 is 1.38. The quantitative estimate of drug-likeness (QED) is 0.906. The van der Waals surface area contributed by atoms with Gasteiger partial charge in [0.2, 0.25) is 0 Å². The Bertz CT molecular complexity index is 465. The first-order valence-electron chi connectivity index (χ1n) is 5.29. The number of benzene rings is 1. The van der Waals surface area contributed by atoms with Crippen LogP contribution in [0.2, 0.25) is 0 Å². The molecule has 0 fully saturated rings. The zero-order chi connectivity index (χ0) is 12.3. The van der Waals surface area contributed by atoms with Gasteiger partial charge < -0.3 is 5.32 Å². The largest absolute Gasteiger partial charge is 0.306 e. The lowest BCUT2D eigenvalue weighted by Crippen LogP contribution is -2.23. The van der Waals surface area contributed by atoms with Gasteiger partial charge in [0, 0.05) is 16.6 Å². The van der Waals surface area contributed by atoms with Crippen LogP contribution in [0.15, 0.2) is 29.9 Å². The van der Waals surface area contributed by atoms with Crippen LogP contribution in [0, 0.1) is 11.6 Å². The molecule has 90 valence electrons. The third-order valence-corrected chi connectivity index (χ3v) is 3.27. The second-order valence-corrected chi connectivity index (χ2v) is 4.45. The molecule has 1 unspecified atom stereocenters. The molecule has 2 aromatic rings. The number of hydrogen-bond acceptors (Lipinski definition) is 3. The molecule has 0 radical (unpaired) electrons. The van der Waals surface area contributed by atoms with Crippen LogP contribution in [-0.4, -0.2) is 11.5 Å². The third kappa shape index (κ3) is 2.50. The van der Waals surface area contributed by atoms with E-state index in [-0.39, 0.29) is 5.56 Å². The molecule has 0 aliphatic carbocycles. The lowest BCUT2D eigenvalue weighted by atomic mass is 10.0. The Morgan fingerprint density at radius 3 is 2.59 bits per heavy atom. The van der Waals surface area contributed by atoms with Crippen molar-refractivity contribution in [1.29, 1.82) is 0 Å². The lowest BCUT2D eigenvalue weighted by molar-refractivity contribution is 0.513. The van der Waals surface area contributed by atoms with Crippen LogP contribution in [0.4, 0.5) is 8.78 Å². The van der Waals surface area contributed by atoms with Crippen molar-refractivity contribution < 1.29 is 8.78 Å². The van der Waals surface area contributed by atoms with Gasteiger partial charge in [-0.2, -0.15) is 0 Å². The number of halogens is 2. The summed E-state index contributed by atoms with van der Waals surface area (Å²) in [5.41, 5.74) is 1.71. The molecule has 1 heterocycles. The second-order valence-electron chi connectivity index (χ2n) is 3.53. The monoisotopic (exact) mass is 254 g/mol. The summed E-state index contributed by atoms with van der Waals surface area (Å²) in [6.07, 6.45) is 1.63. The molecule has 1 N–H and O–H groups in total. The minimum atomic E-state index is -0.538. The average molecular weight is 254 g/mol. The molecule has 0 saturated heterocycles. The van der Waals surface area contributed by atoms with E-state index in [2.05, 4.69) is 10.3 Å². The minimum Gasteiger partial charge on any atom is -0.306 e. The molecule has 0 bridgehead atoms. The predicted octanol–water partition coefficient (Wildman–Crippen LogP) is 3.12. The fraction of sp³-hybridized carbons (Fsp3) is 0.250. The molecule has 2 nitrogen and oxygen atoms in total. The molecule has 0 aliphatic heterocycles. The molecule has 2 rings (SSSR count). The molecule has 0 spiro atoms. The Kier molecular flexibility index (Phi) is 3.81. The lowest BCUT2D eigenvalue weighted by Gasteiger charge is -2.17. The van der Waals surface area contributed by atoms with Gasteiger partial charge in [0.05, 0.1) is 11.6 Å². The van der Waals surface area contributed by atoms with E-state index in [0.29, 0.717) is 6.54 Å². The molecule has 1 atom stereocenters. The summed E-state index contributed by atoms with van der Waals surface area (Å²) < 4.78 is 27.4. The molecule has 17 heavy (non-hydrogen) atoms. The summed E-state index contributed by atoms with van der Waals surface area (Å²) in [5, 5.41) is 3.07. The van der Waals surface area contributed by atoms with Crippen molar-refractivity contribution in [2.45, 2.75) is 13.0 Å². The van der Waals surface area contributed by atoms with Gasteiger partial charge in [-0.1, -0.05) is 13.0 Å². The zero-order valence-electron chi connectivity index (χ0n) is 9.28. The summed E-state index contributed by atoms with van der Waals surface area (Å²) in [6, 6.07) is 3.42. The molecule has 0 saturated carbocycles. The number of hydrogen-bond donors (Lipinski definition) is 1. The van der Waals surface area contributed by atoms with Crippen LogP contribution in [0.3, 0.4) is 0 Å². The summed E-state index contributed by atoms with van der Waals surface area (Å²) in [5.74, 6) is -1.08. The smallest absolute Gasteiger partial charge is 0.131 e. The maximum Gasteiger partial charge on any atom is 0.131 e. The van der Waals surface area contributed by atoms with Crippen molar-refractivity contribution in [2.24, 2.45) is 0 Å². The Hall–Kier alpha value is -1.33. The van der Waals surface area contributed by atoms with Crippen LogP contribution in [0.1, 0.15) is 23.4 Å². The second kappa shape index (κ2) is 5.33. The Balaban J connectivity index is 2.46. The molecular formula is C12H12F2N2S. The maximum atomic E-state index is 13.7. The molecular weight excluding hydrogens is 242 g/mol. The van der Waals surface area contributed by atoms with Crippen molar-refractivity contribution in [3.63, 3.8) is 0 Å². The fourth-order valence-corrected chi connectivity index (χ4v) is 2.41. The molecule has 0 aliphatic rings. The number of nitrogens with one attached hydrogen (secondary N) is 1. The van der Waals surface area contributed by atoms with Crippen molar-refractivity contribution in [1.82, 2.24) is 10.3 Å². The number of nitrogens with zero attached hydrogens (tertiary/aromatic N) is 1. The van der Waals surface area contributed by atoms with Crippen molar-refractivity contribution in [3.05, 3.63) is 52.0 Å². The first-order valence-corrected chi connectivity index (χ1v) is 6.17. The van der Waals surface area contributed by atoms with Crippen LogP contribution in [-0.2, 0) is 0 Å². The van der Waals surface area contributed by atoms with Gasteiger partial charge in [0.15, 0.2) is 0 Å². The van der Waals surface area contributed by atoms with E-state index in [0.717, 1.165) is 4.88 Å². The number of rotatable bonds is 4. The number of aromatic nitrogens is 1. The van der Waals surface area contributed by atoms with Gasteiger partial charge >= 0.3 is 0 Å². The van der Waals surface area contributed by atoms with E-state index in [4.69, 9.17) is 0 Å². The van der Waals surface area contributed by atoms with Crippen LogP contribution in [0.5, 0.6) is 0 Å². The highest BCUT2D eigenvalue weighted by molar-refractivity contribution is 7.09.